The summed E-state index contributed by atoms with van der Waals surface area (Å²) in [5, 5.41) is 12.2. The summed E-state index contributed by atoms with van der Waals surface area (Å²) in [5.41, 5.74) is 2.43. The molecule has 0 radical (unpaired) electrons. The first-order valence-electron chi connectivity index (χ1n) is 12.9. The van der Waals surface area contributed by atoms with Crippen LogP contribution >= 0.6 is 0 Å². The topological polar surface area (TPSA) is 57.2 Å². The second-order valence-electron chi connectivity index (χ2n) is 9.13. The molecule has 0 bridgehead atoms. The predicted molar refractivity (Wildman–Crippen MR) is 140 cm³/mol. The Morgan fingerprint density at radius 3 is 2.21 bits per heavy atom. The van der Waals surface area contributed by atoms with Gasteiger partial charge >= 0.3 is 6.04 Å². The number of anilines is 1. The minimum absolute atomic E-state index is 0.00764. The van der Waals surface area contributed by atoms with Gasteiger partial charge in [0.25, 0.3) is 0 Å². The monoisotopic (exact) mass is 457 g/mol. The maximum atomic E-state index is 13.2. The molecule has 0 aliphatic carbocycles. The summed E-state index contributed by atoms with van der Waals surface area (Å²) in [6, 6.07) is 18.4. The number of rotatable bonds is 16. The van der Waals surface area contributed by atoms with E-state index in [1.54, 1.807) is 18.2 Å². The van der Waals surface area contributed by atoms with Crippen LogP contribution in [0.25, 0.3) is 4.85 Å². The Morgan fingerprint density at radius 2 is 1.59 bits per heavy atom. The van der Waals surface area contributed by atoms with Crippen molar-refractivity contribution in [2.45, 2.75) is 90.0 Å². The highest BCUT2D eigenvalue weighted by Crippen LogP contribution is 2.23. The van der Waals surface area contributed by atoms with Crippen LogP contribution in [0, 0.1) is 23.8 Å². The van der Waals surface area contributed by atoms with E-state index in [0.717, 1.165) is 19.3 Å². The van der Waals surface area contributed by atoms with Crippen molar-refractivity contribution in [3.05, 3.63) is 77.1 Å². The van der Waals surface area contributed by atoms with Crippen LogP contribution in [0.5, 0.6) is 0 Å². The van der Waals surface area contributed by atoms with Crippen LogP contribution in [0.1, 0.15) is 94.7 Å². The fourth-order valence-corrected chi connectivity index (χ4v) is 4.31. The summed E-state index contributed by atoms with van der Waals surface area (Å²) in [6.07, 6.45) is 14.4. The number of benzene rings is 2. The fraction of sp³-hybridized carbons (Fsp3) is 0.500. The van der Waals surface area contributed by atoms with Crippen LogP contribution in [-0.2, 0) is 11.2 Å². The first kappa shape index (κ1) is 27.1. The Bertz CT molecular complexity index is 912. The van der Waals surface area contributed by atoms with Gasteiger partial charge in [-0.3, -0.25) is 9.64 Å². The van der Waals surface area contributed by atoms with Crippen molar-refractivity contribution in [2.24, 2.45) is 5.92 Å². The highest BCUT2D eigenvalue weighted by atomic mass is 16.1. The van der Waals surface area contributed by atoms with Gasteiger partial charge in [-0.15, -0.1) is 0 Å². The first-order valence-corrected chi connectivity index (χ1v) is 12.9. The third kappa shape index (κ3) is 10.2. The SMILES string of the molecule is [C-]#[N+]C(C#N)c1cccc(NC(=O)C(CCCCCCCCCCCC)Cc2ccccc2)c1. The summed E-state index contributed by atoms with van der Waals surface area (Å²) < 4.78 is 0. The maximum Gasteiger partial charge on any atom is 0.332 e. The Labute approximate surface area is 206 Å². The normalized spacial score (nSPS) is 12.3. The molecule has 1 amide bonds. The molecule has 4 nitrogen and oxygen atoms in total. The maximum absolute atomic E-state index is 13.2. The number of carbonyl (C=O) groups excluding carboxylic acids is 1. The van der Waals surface area contributed by atoms with E-state index in [9.17, 15) is 10.1 Å². The number of carbonyl (C=O) groups is 1. The molecular weight excluding hydrogens is 418 g/mol. The van der Waals surface area contributed by atoms with Gasteiger partial charge in [-0.25, -0.2) is 6.57 Å². The van der Waals surface area contributed by atoms with Crippen molar-refractivity contribution in [1.82, 2.24) is 0 Å². The standard InChI is InChI=1S/C30H39N3O/c1-3-4-5-6-7-8-9-10-11-15-19-27(22-25-17-13-12-14-18-25)30(34)33-28-21-16-20-26(23-28)29(24-31)32-2/h12-14,16-18,20-21,23,27,29H,3-11,15,19,22H2,1H3,(H,33,34). The Kier molecular flexibility index (Phi) is 13.2. The van der Waals surface area contributed by atoms with E-state index < -0.39 is 6.04 Å². The zero-order valence-electron chi connectivity index (χ0n) is 20.6. The molecule has 34 heavy (non-hydrogen) atoms. The van der Waals surface area contributed by atoms with Crippen LogP contribution in [0.2, 0.25) is 0 Å². The van der Waals surface area contributed by atoms with Gasteiger partial charge in [0.2, 0.25) is 5.91 Å². The summed E-state index contributed by atoms with van der Waals surface area (Å²) in [4.78, 5) is 16.5. The van der Waals surface area contributed by atoms with Crippen LogP contribution in [0.3, 0.4) is 0 Å². The van der Waals surface area contributed by atoms with E-state index >= 15 is 0 Å². The van der Waals surface area contributed by atoms with Crippen molar-refractivity contribution in [1.29, 1.82) is 5.26 Å². The second kappa shape index (κ2) is 16.5. The van der Waals surface area contributed by atoms with E-state index in [1.165, 1.54) is 56.9 Å². The second-order valence-corrected chi connectivity index (χ2v) is 9.13. The smallest absolute Gasteiger partial charge is 0.326 e. The highest BCUT2D eigenvalue weighted by Gasteiger charge is 2.20. The lowest BCUT2D eigenvalue weighted by atomic mass is 9.92. The van der Waals surface area contributed by atoms with Crippen molar-refractivity contribution >= 4 is 11.6 Å². The minimum atomic E-state index is -0.844. The molecule has 2 aromatic carbocycles. The summed E-state index contributed by atoms with van der Waals surface area (Å²) >= 11 is 0. The highest BCUT2D eigenvalue weighted by molar-refractivity contribution is 5.92. The molecule has 4 heteroatoms. The lowest BCUT2D eigenvalue weighted by Crippen LogP contribution is -2.25. The van der Waals surface area contributed by atoms with E-state index in [4.69, 9.17) is 6.57 Å². The summed E-state index contributed by atoms with van der Waals surface area (Å²) in [6.45, 7) is 9.44. The van der Waals surface area contributed by atoms with Gasteiger partial charge in [-0.05, 0) is 36.6 Å². The first-order chi connectivity index (χ1) is 16.7. The van der Waals surface area contributed by atoms with Gasteiger partial charge in [0.1, 0.15) is 0 Å². The predicted octanol–water partition coefficient (Wildman–Crippen LogP) is 8.28. The Hall–Kier alpha value is -3.11. The number of nitrogens with zero attached hydrogens (tertiary/aromatic N) is 2. The van der Waals surface area contributed by atoms with E-state index in [-0.39, 0.29) is 11.8 Å². The number of amides is 1. The molecule has 0 aliphatic rings. The zero-order valence-corrected chi connectivity index (χ0v) is 20.6. The van der Waals surface area contributed by atoms with Crippen molar-refractivity contribution < 1.29 is 4.79 Å². The van der Waals surface area contributed by atoms with Gasteiger partial charge in [-0.2, -0.15) is 5.26 Å². The largest absolute Gasteiger partial charge is 0.332 e. The average Bonchev–Trinajstić information content (AvgIpc) is 2.86. The van der Waals surface area contributed by atoms with Crippen LogP contribution in [0.15, 0.2) is 54.6 Å². The fourth-order valence-electron chi connectivity index (χ4n) is 4.31. The van der Waals surface area contributed by atoms with Gasteiger partial charge in [0.15, 0.2) is 6.07 Å². The molecule has 180 valence electrons. The quantitative estimate of drug-likeness (QED) is 0.204. The molecular formula is C30H39N3O. The van der Waals surface area contributed by atoms with Crippen LogP contribution in [0.4, 0.5) is 5.69 Å². The van der Waals surface area contributed by atoms with Gasteiger partial charge in [0, 0.05) is 11.6 Å². The molecule has 0 fully saturated rings. The molecule has 0 saturated heterocycles. The third-order valence-electron chi connectivity index (χ3n) is 6.32. The molecule has 2 unspecified atom stereocenters. The number of nitrogens with one attached hydrogen (secondary N) is 1. The molecule has 2 aromatic rings. The molecule has 0 saturated carbocycles. The van der Waals surface area contributed by atoms with Gasteiger partial charge < -0.3 is 5.32 Å². The van der Waals surface area contributed by atoms with Gasteiger partial charge in [0.05, 0.1) is 5.56 Å². The molecule has 0 aromatic heterocycles. The lowest BCUT2D eigenvalue weighted by Gasteiger charge is -2.17. The average molecular weight is 458 g/mol. The van der Waals surface area contributed by atoms with E-state index in [0.29, 0.717) is 17.7 Å². The number of hydrogen-bond donors (Lipinski definition) is 1. The van der Waals surface area contributed by atoms with E-state index in [2.05, 4.69) is 29.2 Å². The Balaban J connectivity index is 1.88. The number of unbranched alkanes of at least 4 members (excludes halogenated alkanes) is 9. The van der Waals surface area contributed by atoms with E-state index in [1.807, 2.05) is 30.3 Å². The number of hydrogen-bond acceptors (Lipinski definition) is 2. The van der Waals surface area contributed by atoms with Crippen molar-refractivity contribution in [3.8, 4) is 6.07 Å². The molecule has 2 rings (SSSR count). The molecule has 2 atom stereocenters. The van der Waals surface area contributed by atoms with Crippen LogP contribution < -0.4 is 5.32 Å². The number of nitriles is 1. The lowest BCUT2D eigenvalue weighted by molar-refractivity contribution is -0.120. The molecule has 1 N–H and O–H groups in total. The zero-order chi connectivity index (χ0) is 24.4. The summed E-state index contributed by atoms with van der Waals surface area (Å²) in [5.74, 6) is -0.0963. The third-order valence-corrected chi connectivity index (χ3v) is 6.32. The minimum Gasteiger partial charge on any atom is -0.326 e. The van der Waals surface area contributed by atoms with Crippen molar-refractivity contribution in [2.75, 3.05) is 5.32 Å². The molecule has 0 heterocycles. The summed E-state index contributed by atoms with van der Waals surface area (Å²) in [7, 11) is 0. The molecule has 0 aliphatic heterocycles. The Morgan fingerprint density at radius 1 is 0.941 bits per heavy atom. The van der Waals surface area contributed by atoms with Gasteiger partial charge in [-0.1, -0.05) is 108 Å². The molecule has 0 spiro atoms. The van der Waals surface area contributed by atoms with Crippen molar-refractivity contribution in [3.63, 3.8) is 0 Å². The van der Waals surface area contributed by atoms with Crippen LogP contribution in [-0.4, -0.2) is 5.91 Å².